The largest absolute Gasteiger partial charge is 0.379 e. The standard InChI is InChI=1S/C20H37N7OS.HI/c1-3-21-19(23-11-12-26-13-15-28-16-14-26)22-10-6-9-18-24-25-20(29-2)27(18)17-7-4-5-8-17;/h17H,3-16H2,1-2H3,(H2,21,22,23);1H. The lowest BCUT2D eigenvalue weighted by atomic mass is 10.2. The summed E-state index contributed by atoms with van der Waals surface area (Å²) in [5.41, 5.74) is 0. The highest BCUT2D eigenvalue weighted by Gasteiger charge is 2.23. The molecule has 2 heterocycles. The van der Waals surface area contributed by atoms with E-state index >= 15 is 0 Å². The Morgan fingerprint density at radius 2 is 1.97 bits per heavy atom. The predicted octanol–water partition coefficient (Wildman–Crippen LogP) is 2.55. The van der Waals surface area contributed by atoms with Gasteiger partial charge in [-0.3, -0.25) is 9.89 Å². The molecule has 0 atom stereocenters. The van der Waals surface area contributed by atoms with Gasteiger partial charge in [0.2, 0.25) is 0 Å². The number of morpholine rings is 1. The number of hydrogen-bond donors (Lipinski definition) is 2. The summed E-state index contributed by atoms with van der Waals surface area (Å²) < 4.78 is 7.80. The van der Waals surface area contributed by atoms with Crippen molar-refractivity contribution in [3.8, 4) is 0 Å². The summed E-state index contributed by atoms with van der Waals surface area (Å²) in [4.78, 5) is 7.18. The molecule has 0 radical (unpaired) electrons. The van der Waals surface area contributed by atoms with Crippen molar-refractivity contribution >= 4 is 41.7 Å². The number of ether oxygens (including phenoxy) is 1. The van der Waals surface area contributed by atoms with Crippen molar-refractivity contribution in [1.82, 2.24) is 30.3 Å². The maximum Gasteiger partial charge on any atom is 0.191 e. The van der Waals surface area contributed by atoms with E-state index in [0.29, 0.717) is 6.04 Å². The van der Waals surface area contributed by atoms with Gasteiger partial charge in [-0.2, -0.15) is 0 Å². The Bertz CT molecular complexity index is 631. The van der Waals surface area contributed by atoms with Crippen LogP contribution in [0.2, 0.25) is 0 Å². The van der Waals surface area contributed by atoms with Gasteiger partial charge in [0.1, 0.15) is 5.82 Å². The Morgan fingerprint density at radius 3 is 2.67 bits per heavy atom. The zero-order valence-corrected chi connectivity index (χ0v) is 21.6. The van der Waals surface area contributed by atoms with Crippen LogP contribution in [-0.4, -0.2) is 84.4 Å². The molecule has 1 aliphatic carbocycles. The molecule has 0 amide bonds. The van der Waals surface area contributed by atoms with E-state index in [1.165, 1.54) is 25.7 Å². The second-order valence-electron chi connectivity index (χ2n) is 7.66. The van der Waals surface area contributed by atoms with E-state index in [4.69, 9.17) is 9.73 Å². The van der Waals surface area contributed by atoms with E-state index in [2.05, 4.69) is 43.5 Å². The maximum absolute atomic E-state index is 5.41. The Hall–Kier alpha value is -0.590. The number of rotatable bonds is 10. The van der Waals surface area contributed by atoms with Gasteiger partial charge in [0.15, 0.2) is 11.1 Å². The van der Waals surface area contributed by atoms with Gasteiger partial charge >= 0.3 is 0 Å². The van der Waals surface area contributed by atoms with Gasteiger partial charge in [-0.15, -0.1) is 34.2 Å². The summed E-state index contributed by atoms with van der Waals surface area (Å²) in [6.07, 6.45) is 9.17. The summed E-state index contributed by atoms with van der Waals surface area (Å²) >= 11 is 1.70. The summed E-state index contributed by atoms with van der Waals surface area (Å²) in [6, 6.07) is 0.588. The van der Waals surface area contributed by atoms with Crippen LogP contribution in [0.1, 0.15) is 50.9 Å². The average molecular weight is 552 g/mol. The molecule has 2 fully saturated rings. The van der Waals surface area contributed by atoms with Gasteiger partial charge in [0, 0.05) is 51.7 Å². The smallest absolute Gasteiger partial charge is 0.191 e. The molecule has 30 heavy (non-hydrogen) atoms. The first-order valence-electron chi connectivity index (χ1n) is 11.1. The second kappa shape index (κ2) is 14.5. The van der Waals surface area contributed by atoms with E-state index in [0.717, 1.165) is 82.3 Å². The average Bonchev–Trinajstić information content (AvgIpc) is 3.41. The van der Waals surface area contributed by atoms with Gasteiger partial charge in [-0.25, -0.2) is 0 Å². The minimum atomic E-state index is 0. The van der Waals surface area contributed by atoms with E-state index < -0.39 is 0 Å². The molecule has 1 aliphatic heterocycles. The molecule has 1 aromatic heterocycles. The van der Waals surface area contributed by atoms with Gasteiger partial charge in [-0.1, -0.05) is 24.6 Å². The molecular formula is C20H38IN7OS. The van der Waals surface area contributed by atoms with Crippen LogP contribution < -0.4 is 10.6 Å². The Kier molecular flexibility index (Phi) is 12.4. The predicted molar refractivity (Wildman–Crippen MR) is 134 cm³/mol. The molecule has 0 spiro atoms. The quantitative estimate of drug-likeness (QED) is 0.152. The van der Waals surface area contributed by atoms with Crippen LogP contribution in [0.4, 0.5) is 0 Å². The van der Waals surface area contributed by atoms with Crippen LogP contribution in [0.3, 0.4) is 0 Å². The number of nitrogens with zero attached hydrogens (tertiary/aromatic N) is 5. The lowest BCUT2D eigenvalue weighted by molar-refractivity contribution is 0.0389. The molecule has 0 bridgehead atoms. The van der Waals surface area contributed by atoms with Crippen LogP contribution >= 0.6 is 35.7 Å². The zero-order chi connectivity index (χ0) is 20.3. The normalized spacial score (nSPS) is 18.4. The maximum atomic E-state index is 5.41. The van der Waals surface area contributed by atoms with E-state index in [9.17, 15) is 0 Å². The van der Waals surface area contributed by atoms with Crippen molar-refractivity contribution in [3.05, 3.63) is 5.82 Å². The summed E-state index contributed by atoms with van der Waals surface area (Å²) in [7, 11) is 0. The lowest BCUT2D eigenvalue weighted by Crippen LogP contribution is -2.44. The number of nitrogens with one attached hydrogen (secondary N) is 2. The zero-order valence-electron chi connectivity index (χ0n) is 18.4. The highest BCUT2D eigenvalue weighted by atomic mass is 127. The molecule has 0 unspecified atom stereocenters. The van der Waals surface area contributed by atoms with Crippen LogP contribution in [0.25, 0.3) is 0 Å². The summed E-state index contributed by atoms with van der Waals surface area (Å²) in [6.45, 7) is 9.43. The number of aryl methyl sites for hydroxylation is 1. The van der Waals surface area contributed by atoms with E-state index in [-0.39, 0.29) is 24.0 Å². The molecule has 1 saturated carbocycles. The minimum Gasteiger partial charge on any atom is -0.379 e. The molecule has 1 aromatic rings. The molecule has 172 valence electrons. The SMILES string of the molecule is CCNC(=NCCCc1nnc(SC)n1C1CCCC1)NCCN1CCOCC1.I. The molecule has 2 N–H and O–H groups in total. The van der Waals surface area contributed by atoms with Crippen LogP contribution in [0.5, 0.6) is 0 Å². The highest BCUT2D eigenvalue weighted by Crippen LogP contribution is 2.33. The first-order chi connectivity index (χ1) is 14.3. The van der Waals surface area contributed by atoms with Crippen molar-refractivity contribution in [1.29, 1.82) is 0 Å². The third-order valence-electron chi connectivity index (χ3n) is 5.60. The number of aromatic nitrogens is 3. The van der Waals surface area contributed by atoms with E-state index in [1.54, 1.807) is 11.8 Å². The molecular weight excluding hydrogens is 513 g/mol. The number of hydrogen-bond acceptors (Lipinski definition) is 6. The van der Waals surface area contributed by atoms with Crippen molar-refractivity contribution in [3.63, 3.8) is 0 Å². The topological polar surface area (TPSA) is 79.6 Å². The van der Waals surface area contributed by atoms with Crippen LogP contribution in [-0.2, 0) is 11.2 Å². The van der Waals surface area contributed by atoms with Crippen LogP contribution in [0, 0.1) is 0 Å². The number of guanidine groups is 1. The van der Waals surface area contributed by atoms with Crippen molar-refractivity contribution in [2.75, 3.05) is 58.7 Å². The fourth-order valence-corrected chi connectivity index (χ4v) is 4.65. The third kappa shape index (κ3) is 7.83. The Morgan fingerprint density at radius 1 is 1.20 bits per heavy atom. The molecule has 3 rings (SSSR count). The first kappa shape index (κ1) is 25.7. The summed E-state index contributed by atoms with van der Waals surface area (Å²) in [5, 5.41) is 16.8. The van der Waals surface area contributed by atoms with E-state index in [1.807, 2.05) is 0 Å². The first-order valence-corrected chi connectivity index (χ1v) is 12.3. The van der Waals surface area contributed by atoms with Crippen molar-refractivity contribution < 1.29 is 4.74 Å². The van der Waals surface area contributed by atoms with Gasteiger partial charge in [0.05, 0.1) is 13.2 Å². The lowest BCUT2D eigenvalue weighted by Gasteiger charge is -2.26. The number of aliphatic imine (C=N–C) groups is 1. The number of halogens is 1. The number of thioether (sulfide) groups is 1. The monoisotopic (exact) mass is 551 g/mol. The van der Waals surface area contributed by atoms with Crippen molar-refractivity contribution in [2.24, 2.45) is 4.99 Å². The molecule has 8 nitrogen and oxygen atoms in total. The van der Waals surface area contributed by atoms with Gasteiger partial charge < -0.3 is 19.9 Å². The minimum absolute atomic E-state index is 0. The second-order valence-corrected chi connectivity index (χ2v) is 8.43. The molecule has 1 saturated heterocycles. The molecule has 10 heteroatoms. The van der Waals surface area contributed by atoms with Crippen LogP contribution in [0.15, 0.2) is 10.1 Å². The van der Waals surface area contributed by atoms with Gasteiger partial charge in [-0.05, 0) is 32.4 Å². The molecule has 0 aromatic carbocycles. The van der Waals surface area contributed by atoms with Crippen molar-refractivity contribution in [2.45, 2.75) is 56.6 Å². The van der Waals surface area contributed by atoms with Gasteiger partial charge in [0.25, 0.3) is 0 Å². The third-order valence-corrected chi connectivity index (χ3v) is 6.25. The summed E-state index contributed by atoms with van der Waals surface area (Å²) in [5.74, 6) is 2.03. The highest BCUT2D eigenvalue weighted by molar-refractivity contribution is 14.0. The molecule has 2 aliphatic rings. The fourth-order valence-electron chi connectivity index (χ4n) is 4.07. The Balaban J connectivity index is 0.00000320. The fraction of sp³-hybridized carbons (Fsp3) is 0.850. The Labute approximate surface area is 202 Å².